The summed E-state index contributed by atoms with van der Waals surface area (Å²) in [6, 6.07) is 0. The number of hydrogen-bond acceptors (Lipinski definition) is 5. The highest BCUT2D eigenvalue weighted by atomic mass is 16.5. The van der Waals surface area contributed by atoms with Crippen LogP contribution >= 0.6 is 0 Å². The summed E-state index contributed by atoms with van der Waals surface area (Å²) in [5.41, 5.74) is 1.02. The summed E-state index contributed by atoms with van der Waals surface area (Å²) in [5, 5.41) is 4.33. The fourth-order valence-electron chi connectivity index (χ4n) is 5.81. The van der Waals surface area contributed by atoms with E-state index in [0.29, 0.717) is 25.0 Å². The van der Waals surface area contributed by atoms with Gasteiger partial charge in [-0.2, -0.15) is 5.10 Å². The Morgan fingerprint density at radius 1 is 1.21 bits per heavy atom. The molecule has 3 aliphatic heterocycles. The second-order valence-corrected chi connectivity index (χ2v) is 9.76. The highest BCUT2D eigenvalue weighted by Gasteiger charge is 2.54. The van der Waals surface area contributed by atoms with Crippen molar-refractivity contribution in [3.05, 3.63) is 18.0 Å². The van der Waals surface area contributed by atoms with Gasteiger partial charge < -0.3 is 14.5 Å². The van der Waals surface area contributed by atoms with E-state index in [1.54, 1.807) is 0 Å². The molecule has 0 unspecified atom stereocenters. The highest BCUT2D eigenvalue weighted by molar-refractivity contribution is 5.84. The first-order chi connectivity index (χ1) is 14.1. The van der Waals surface area contributed by atoms with Gasteiger partial charge in [0.1, 0.15) is 0 Å². The number of hydrogen-bond donors (Lipinski definition) is 0. The molecule has 2 atom stereocenters. The zero-order chi connectivity index (χ0) is 19.8. The molecule has 4 fully saturated rings. The zero-order valence-corrected chi connectivity index (χ0v) is 17.8. The quantitative estimate of drug-likeness (QED) is 0.742. The van der Waals surface area contributed by atoms with Crippen molar-refractivity contribution in [2.75, 3.05) is 59.0 Å². The van der Waals surface area contributed by atoms with Crippen LogP contribution in [0.5, 0.6) is 0 Å². The Hall–Kier alpha value is -1.44. The Bertz CT molecular complexity index is 727. The molecule has 7 nitrogen and oxygen atoms in total. The van der Waals surface area contributed by atoms with Gasteiger partial charge in [0.15, 0.2) is 0 Å². The second kappa shape index (κ2) is 8.00. The minimum absolute atomic E-state index is 0.224. The maximum atomic E-state index is 13.9. The van der Waals surface area contributed by atoms with E-state index in [4.69, 9.17) is 4.74 Å². The number of likely N-dealkylation sites (tertiary alicyclic amines) is 2. The van der Waals surface area contributed by atoms with Crippen molar-refractivity contribution in [1.82, 2.24) is 24.5 Å². The normalized spacial score (nSPS) is 31.6. The summed E-state index contributed by atoms with van der Waals surface area (Å²) in [4.78, 5) is 21.1. The number of carbonyl (C=O) groups is 1. The number of aromatic nitrogens is 2. The smallest absolute Gasteiger partial charge is 0.230 e. The number of aryl methyl sites for hydroxylation is 1. The minimum Gasteiger partial charge on any atom is -0.378 e. The molecule has 4 heterocycles. The lowest BCUT2D eigenvalue weighted by molar-refractivity contribution is -0.148. The predicted molar refractivity (Wildman–Crippen MR) is 110 cm³/mol. The molecule has 1 aliphatic carbocycles. The molecule has 4 aliphatic rings. The lowest BCUT2D eigenvalue weighted by Gasteiger charge is -2.39. The van der Waals surface area contributed by atoms with Crippen LogP contribution < -0.4 is 0 Å². The number of fused-ring (bicyclic) bond motifs is 1. The van der Waals surface area contributed by atoms with Gasteiger partial charge in [-0.3, -0.25) is 14.4 Å². The Balaban J connectivity index is 1.36. The Morgan fingerprint density at radius 2 is 2.00 bits per heavy atom. The van der Waals surface area contributed by atoms with E-state index in [2.05, 4.69) is 26.0 Å². The lowest BCUT2D eigenvalue weighted by Crippen LogP contribution is -2.52. The van der Waals surface area contributed by atoms with Gasteiger partial charge in [-0.25, -0.2) is 0 Å². The molecule has 5 rings (SSSR count). The largest absolute Gasteiger partial charge is 0.378 e. The van der Waals surface area contributed by atoms with E-state index < -0.39 is 0 Å². The van der Waals surface area contributed by atoms with Crippen molar-refractivity contribution in [3.8, 4) is 0 Å². The van der Waals surface area contributed by atoms with E-state index in [0.717, 1.165) is 64.6 Å². The molecule has 1 amide bonds. The lowest BCUT2D eigenvalue weighted by atomic mass is 9.73. The molecule has 29 heavy (non-hydrogen) atoms. The van der Waals surface area contributed by atoms with Gasteiger partial charge in [-0.15, -0.1) is 0 Å². The van der Waals surface area contributed by atoms with E-state index in [9.17, 15) is 4.79 Å². The van der Waals surface area contributed by atoms with Crippen molar-refractivity contribution in [1.29, 1.82) is 0 Å². The second-order valence-electron chi connectivity index (χ2n) is 9.76. The van der Waals surface area contributed by atoms with Crippen molar-refractivity contribution >= 4 is 5.91 Å². The first-order valence-electron chi connectivity index (χ1n) is 11.4. The van der Waals surface area contributed by atoms with Crippen molar-refractivity contribution < 1.29 is 9.53 Å². The number of nitrogens with zero attached hydrogens (tertiary/aromatic N) is 5. The number of amides is 1. The summed E-state index contributed by atoms with van der Waals surface area (Å²) in [6.07, 6.45) is 9.02. The molecular formula is C22H35N5O2. The van der Waals surface area contributed by atoms with Gasteiger partial charge in [0.25, 0.3) is 0 Å². The molecule has 1 aromatic heterocycles. The highest BCUT2D eigenvalue weighted by Crippen LogP contribution is 2.45. The Labute approximate surface area is 174 Å². The van der Waals surface area contributed by atoms with Crippen molar-refractivity contribution in [2.24, 2.45) is 24.3 Å². The standard InChI is InChI=1S/C22H35N5O2/c1-24-12-19(11-23-24)14-26-16-20-15-25(13-18-3-4-18)6-2-5-22(20,17-26)21(28)27-7-9-29-10-8-27/h11-12,18,20H,2-10,13-17H2,1H3/t20-,22-/m0/s1. The fraction of sp³-hybridized carbons (Fsp3) is 0.818. The van der Waals surface area contributed by atoms with E-state index in [1.807, 2.05) is 17.9 Å². The molecule has 0 spiro atoms. The zero-order valence-electron chi connectivity index (χ0n) is 17.8. The summed E-state index contributed by atoms with van der Waals surface area (Å²) in [7, 11) is 1.97. The summed E-state index contributed by atoms with van der Waals surface area (Å²) >= 11 is 0. The van der Waals surface area contributed by atoms with Gasteiger partial charge in [0, 0.05) is 64.6 Å². The SMILES string of the molecule is Cn1cc(CN2C[C@@H]3CN(CC4CC4)CCC[C@]3(C(=O)N3CCOCC3)C2)cn1. The van der Waals surface area contributed by atoms with Crippen LogP contribution in [0.2, 0.25) is 0 Å². The summed E-state index contributed by atoms with van der Waals surface area (Å²) in [6.45, 7) is 9.14. The van der Waals surface area contributed by atoms with Gasteiger partial charge in [0.05, 0.1) is 24.8 Å². The first-order valence-corrected chi connectivity index (χ1v) is 11.4. The van der Waals surface area contributed by atoms with E-state index >= 15 is 0 Å². The molecule has 160 valence electrons. The average Bonchev–Trinajstić information content (AvgIpc) is 3.39. The molecule has 0 N–H and O–H groups in total. The maximum absolute atomic E-state index is 13.9. The Kier molecular flexibility index (Phi) is 5.39. The molecule has 7 heteroatoms. The van der Waals surface area contributed by atoms with Crippen LogP contribution in [0, 0.1) is 17.3 Å². The third-order valence-corrected chi connectivity index (χ3v) is 7.44. The molecule has 1 saturated carbocycles. The molecular weight excluding hydrogens is 366 g/mol. The third kappa shape index (κ3) is 4.09. The monoisotopic (exact) mass is 401 g/mol. The average molecular weight is 402 g/mol. The first kappa shape index (κ1) is 19.5. The van der Waals surface area contributed by atoms with Gasteiger partial charge in [-0.05, 0) is 44.1 Å². The number of rotatable bonds is 5. The molecule has 0 radical (unpaired) electrons. The van der Waals surface area contributed by atoms with Crippen molar-refractivity contribution in [3.63, 3.8) is 0 Å². The van der Waals surface area contributed by atoms with Crippen LogP contribution in [0.1, 0.15) is 31.2 Å². The van der Waals surface area contributed by atoms with Crippen LogP contribution in [0.15, 0.2) is 12.4 Å². The summed E-state index contributed by atoms with van der Waals surface area (Å²) < 4.78 is 7.39. The predicted octanol–water partition coefficient (Wildman–Crippen LogP) is 1.20. The van der Waals surface area contributed by atoms with E-state index in [1.165, 1.54) is 24.9 Å². The van der Waals surface area contributed by atoms with Crippen LogP contribution in [0.25, 0.3) is 0 Å². The number of carbonyl (C=O) groups excluding carboxylic acids is 1. The molecule has 0 aromatic carbocycles. The van der Waals surface area contributed by atoms with Gasteiger partial charge >= 0.3 is 0 Å². The van der Waals surface area contributed by atoms with Crippen LogP contribution in [0.4, 0.5) is 0 Å². The molecule has 0 bridgehead atoms. The maximum Gasteiger partial charge on any atom is 0.230 e. The molecule has 3 saturated heterocycles. The van der Waals surface area contributed by atoms with E-state index in [-0.39, 0.29) is 5.41 Å². The summed E-state index contributed by atoms with van der Waals surface area (Å²) in [5.74, 6) is 1.73. The fourth-order valence-corrected chi connectivity index (χ4v) is 5.81. The van der Waals surface area contributed by atoms with Crippen LogP contribution in [-0.2, 0) is 23.1 Å². The third-order valence-electron chi connectivity index (χ3n) is 7.44. The number of ether oxygens (including phenoxy) is 1. The Morgan fingerprint density at radius 3 is 2.72 bits per heavy atom. The number of morpholine rings is 1. The topological polar surface area (TPSA) is 53.8 Å². The van der Waals surface area contributed by atoms with Crippen LogP contribution in [-0.4, -0.2) is 89.4 Å². The van der Waals surface area contributed by atoms with Crippen LogP contribution in [0.3, 0.4) is 0 Å². The van der Waals surface area contributed by atoms with Gasteiger partial charge in [0.2, 0.25) is 5.91 Å². The van der Waals surface area contributed by atoms with Gasteiger partial charge in [-0.1, -0.05) is 0 Å². The van der Waals surface area contributed by atoms with Crippen molar-refractivity contribution in [2.45, 2.75) is 32.2 Å². The molecule has 1 aromatic rings. The minimum atomic E-state index is -0.224.